The summed E-state index contributed by atoms with van der Waals surface area (Å²) in [6.45, 7) is 3.23. The zero-order chi connectivity index (χ0) is 16.9. The van der Waals surface area contributed by atoms with Gasteiger partial charge in [0.15, 0.2) is 0 Å². The summed E-state index contributed by atoms with van der Waals surface area (Å²) < 4.78 is 0. The molecule has 3 rings (SSSR count). The Labute approximate surface area is 143 Å². The number of nitrogens with zero attached hydrogens (tertiary/aromatic N) is 2. The highest BCUT2D eigenvalue weighted by Crippen LogP contribution is 2.30. The molecule has 0 spiro atoms. The molecule has 0 saturated carbocycles. The largest absolute Gasteiger partial charge is 0.351 e. The predicted octanol–water partition coefficient (Wildman–Crippen LogP) is 1.31. The number of benzene rings is 1. The smallest absolute Gasteiger partial charge is 0.318 e. The van der Waals surface area contributed by atoms with Crippen LogP contribution in [0.15, 0.2) is 30.3 Å². The molecule has 6 nitrogen and oxygen atoms in total. The average Bonchev–Trinajstić information content (AvgIpc) is 3.16. The Morgan fingerprint density at radius 2 is 1.67 bits per heavy atom. The number of rotatable bonds is 5. The SMILES string of the molecule is NC(=O)NC(=O)CN1CCC[C@@H]1[C@@H]1CCCN1Cc1ccccc1. The molecular formula is C18H26N4O2. The first-order chi connectivity index (χ1) is 11.6. The number of imide groups is 1. The molecule has 2 heterocycles. The predicted molar refractivity (Wildman–Crippen MR) is 92.2 cm³/mol. The molecule has 2 aliphatic heterocycles. The van der Waals surface area contributed by atoms with Crippen LogP contribution in [0, 0.1) is 0 Å². The van der Waals surface area contributed by atoms with Crippen molar-refractivity contribution in [3.8, 4) is 0 Å². The van der Waals surface area contributed by atoms with E-state index in [1.807, 2.05) is 6.07 Å². The van der Waals surface area contributed by atoms with Crippen molar-refractivity contribution in [3.63, 3.8) is 0 Å². The lowest BCUT2D eigenvalue weighted by molar-refractivity contribution is -0.121. The van der Waals surface area contributed by atoms with Crippen LogP contribution in [0.5, 0.6) is 0 Å². The van der Waals surface area contributed by atoms with Crippen molar-refractivity contribution in [1.82, 2.24) is 15.1 Å². The fourth-order valence-electron chi connectivity index (χ4n) is 4.15. The van der Waals surface area contributed by atoms with Gasteiger partial charge in [0, 0.05) is 18.6 Å². The maximum absolute atomic E-state index is 11.9. The average molecular weight is 330 g/mol. The molecule has 2 aliphatic rings. The van der Waals surface area contributed by atoms with Crippen molar-refractivity contribution in [3.05, 3.63) is 35.9 Å². The highest BCUT2D eigenvalue weighted by Gasteiger charge is 2.38. The highest BCUT2D eigenvalue weighted by atomic mass is 16.2. The highest BCUT2D eigenvalue weighted by molar-refractivity contribution is 5.94. The van der Waals surface area contributed by atoms with Gasteiger partial charge in [-0.1, -0.05) is 30.3 Å². The Hall–Kier alpha value is -1.92. The van der Waals surface area contributed by atoms with E-state index in [0.717, 1.165) is 32.5 Å². The van der Waals surface area contributed by atoms with Gasteiger partial charge in [-0.05, 0) is 44.3 Å². The van der Waals surface area contributed by atoms with Crippen molar-refractivity contribution in [2.45, 2.75) is 44.3 Å². The van der Waals surface area contributed by atoms with E-state index >= 15 is 0 Å². The summed E-state index contributed by atoms with van der Waals surface area (Å²) in [5.74, 6) is -0.304. The first kappa shape index (κ1) is 16.9. The van der Waals surface area contributed by atoms with Crippen molar-refractivity contribution in [2.75, 3.05) is 19.6 Å². The Balaban J connectivity index is 1.62. The number of nitrogens with two attached hydrogens (primary N) is 1. The number of primary amides is 1. The molecule has 2 atom stereocenters. The second-order valence-electron chi connectivity index (χ2n) is 6.76. The summed E-state index contributed by atoms with van der Waals surface area (Å²) in [7, 11) is 0. The third-order valence-electron chi connectivity index (χ3n) is 5.11. The normalized spacial score (nSPS) is 25.0. The van der Waals surface area contributed by atoms with Crippen LogP contribution < -0.4 is 11.1 Å². The number of hydrogen-bond donors (Lipinski definition) is 2. The first-order valence-corrected chi connectivity index (χ1v) is 8.75. The van der Waals surface area contributed by atoms with Crippen LogP contribution in [0.1, 0.15) is 31.2 Å². The minimum absolute atomic E-state index is 0.253. The molecule has 1 aromatic rings. The second kappa shape index (κ2) is 7.77. The van der Waals surface area contributed by atoms with Gasteiger partial charge in [0.2, 0.25) is 5.91 Å². The van der Waals surface area contributed by atoms with E-state index in [9.17, 15) is 9.59 Å². The summed E-state index contributed by atoms with van der Waals surface area (Å²) in [6, 6.07) is 10.6. The van der Waals surface area contributed by atoms with E-state index in [2.05, 4.69) is 39.4 Å². The van der Waals surface area contributed by atoms with Crippen molar-refractivity contribution < 1.29 is 9.59 Å². The molecule has 3 amide bonds. The molecule has 0 aliphatic carbocycles. The van der Waals surface area contributed by atoms with E-state index in [4.69, 9.17) is 5.73 Å². The number of carbonyl (C=O) groups excluding carboxylic acids is 2. The van der Waals surface area contributed by atoms with Gasteiger partial charge in [0.25, 0.3) is 0 Å². The number of amides is 3. The topological polar surface area (TPSA) is 78.7 Å². The third kappa shape index (κ3) is 4.13. The molecule has 24 heavy (non-hydrogen) atoms. The molecule has 3 N–H and O–H groups in total. The molecule has 6 heteroatoms. The van der Waals surface area contributed by atoms with Gasteiger partial charge < -0.3 is 5.73 Å². The standard InChI is InChI=1S/C18H26N4O2/c19-18(24)20-17(23)13-22-11-5-9-16(22)15-8-4-10-21(15)12-14-6-2-1-3-7-14/h1-3,6-7,15-16H,4-5,8-13H2,(H3,19,20,23,24)/t15-,16+/m0/s1. The van der Waals surface area contributed by atoms with Crippen LogP contribution >= 0.6 is 0 Å². The third-order valence-corrected chi connectivity index (χ3v) is 5.11. The van der Waals surface area contributed by atoms with Gasteiger partial charge in [-0.2, -0.15) is 0 Å². The molecule has 130 valence electrons. The van der Waals surface area contributed by atoms with E-state index in [1.54, 1.807) is 0 Å². The number of carbonyl (C=O) groups is 2. The van der Waals surface area contributed by atoms with Crippen molar-refractivity contribution in [1.29, 1.82) is 0 Å². The van der Waals surface area contributed by atoms with Crippen molar-refractivity contribution >= 4 is 11.9 Å². The zero-order valence-corrected chi connectivity index (χ0v) is 14.0. The maximum Gasteiger partial charge on any atom is 0.318 e. The van der Waals surface area contributed by atoms with E-state index in [-0.39, 0.29) is 12.5 Å². The Morgan fingerprint density at radius 1 is 1.04 bits per heavy atom. The summed E-state index contributed by atoms with van der Waals surface area (Å²) in [5.41, 5.74) is 6.37. The van der Waals surface area contributed by atoms with E-state index in [1.165, 1.54) is 18.4 Å². The molecule has 0 aromatic heterocycles. The first-order valence-electron chi connectivity index (χ1n) is 8.75. The van der Waals surface area contributed by atoms with Crippen LogP contribution in [0.2, 0.25) is 0 Å². The molecule has 1 aromatic carbocycles. The molecule has 2 saturated heterocycles. The van der Waals surface area contributed by atoms with Crippen LogP contribution in [-0.2, 0) is 11.3 Å². The van der Waals surface area contributed by atoms with Crippen LogP contribution in [0.3, 0.4) is 0 Å². The Bertz CT molecular complexity index is 578. The van der Waals surface area contributed by atoms with E-state index < -0.39 is 6.03 Å². The number of hydrogen-bond acceptors (Lipinski definition) is 4. The summed E-state index contributed by atoms with van der Waals surface area (Å²) >= 11 is 0. The van der Waals surface area contributed by atoms with Crippen LogP contribution in [0.4, 0.5) is 4.79 Å². The van der Waals surface area contributed by atoms with Gasteiger partial charge in [-0.15, -0.1) is 0 Å². The summed E-state index contributed by atoms with van der Waals surface area (Å²) in [5, 5.41) is 2.18. The van der Waals surface area contributed by atoms with Gasteiger partial charge >= 0.3 is 6.03 Å². The van der Waals surface area contributed by atoms with Crippen molar-refractivity contribution in [2.24, 2.45) is 5.73 Å². The summed E-state index contributed by atoms with van der Waals surface area (Å²) in [4.78, 5) is 27.5. The molecule has 0 unspecified atom stereocenters. The van der Waals surface area contributed by atoms with E-state index in [0.29, 0.717) is 12.1 Å². The minimum atomic E-state index is -0.776. The number of nitrogens with one attached hydrogen (secondary N) is 1. The zero-order valence-electron chi connectivity index (χ0n) is 14.0. The molecule has 2 fully saturated rings. The Kier molecular flexibility index (Phi) is 5.48. The molecule has 0 bridgehead atoms. The molecule has 0 radical (unpaired) electrons. The summed E-state index contributed by atoms with van der Waals surface area (Å²) in [6.07, 6.45) is 4.59. The number of likely N-dealkylation sites (tertiary alicyclic amines) is 2. The van der Waals surface area contributed by atoms with Crippen LogP contribution in [-0.4, -0.2) is 53.5 Å². The lowest BCUT2D eigenvalue weighted by atomic mass is 10.0. The quantitative estimate of drug-likeness (QED) is 0.853. The van der Waals surface area contributed by atoms with Gasteiger partial charge in [0.05, 0.1) is 6.54 Å². The fraction of sp³-hybridized carbons (Fsp3) is 0.556. The minimum Gasteiger partial charge on any atom is -0.351 e. The fourth-order valence-corrected chi connectivity index (χ4v) is 4.15. The second-order valence-corrected chi connectivity index (χ2v) is 6.76. The monoisotopic (exact) mass is 330 g/mol. The molecular weight excluding hydrogens is 304 g/mol. The Morgan fingerprint density at radius 3 is 2.33 bits per heavy atom. The maximum atomic E-state index is 11.9. The van der Waals surface area contributed by atoms with Gasteiger partial charge in [0.1, 0.15) is 0 Å². The van der Waals surface area contributed by atoms with Gasteiger partial charge in [-0.25, -0.2) is 4.79 Å². The lowest BCUT2D eigenvalue weighted by Gasteiger charge is -2.34. The number of urea groups is 1. The lowest BCUT2D eigenvalue weighted by Crippen LogP contribution is -2.49. The van der Waals surface area contributed by atoms with Gasteiger partial charge in [-0.3, -0.25) is 19.9 Å². The van der Waals surface area contributed by atoms with Crippen LogP contribution in [0.25, 0.3) is 0 Å².